The van der Waals surface area contributed by atoms with Crippen molar-refractivity contribution in [3.63, 3.8) is 0 Å². The van der Waals surface area contributed by atoms with E-state index < -0.39 is 6.04 Å². The molecule has 1 atom stereocenters. The van der Waals surface area contributed by atoms with Crippen LogP contribution in [0.25, 0.3) is 0 Å². The number of fused-ring (bicyclic) bond motifs is 1. The maximum Gasteiger partial charge on any atom is 0.246 e. The monoisotopic (exact) mass is 337 g/mol. The summed E-state index contributed by atoms with van der Waals surface area (Å²) in [5.41, 5.74) is 1.87. The second kappa shape index (κ2) is 7.58. The van der Waals surface area contributed by atoms with Crippen molar-refractivity contribution < 1.29 is 14.3 Å². The average molecular weight is 337 g/mol. The lowest BCUT2D eigenvalue weighted by Gasteiger charge is -2.17. The Labute approximate surface area is 146 Å². The summed E-state index contributed by atoms with van der Waals surface area (Å²) in [5.74, 6) is 1.20. The molecule has 25 heavy (non-hydrogen) atoms. The molecule has 2 aromatic carbocycles. The van der Waals surface area contributed by atoms with E-state index in [0.717, 1.165) is 12.1 Å². The molecule has 1 aliphatic heterocycles. The molecule has 128 valence electrons. The quantitative estimate of drug-likeness (QED) is 0.895. The zero-order valence-electron chi connectivity index (χ0n) is 13.9. The average Bonchev–Trinajstić information content (AvgIpc) is 2.86. The van der Waals surface area contributed by atoms with Crippen LogP contribution in [0.4, 0.5) is 11.4 Å². The summed E-state index contributed by atoms with van der Waals surface area (Å²) in [7, 11) is 0. The van der Waals surface area contributed by atoms with E-state index in [1.807, 2.05) is 18.2 Å². The van der Waals surface area contributed by atoms with Gasteiger partial charge in [0.1, 0.15) is 6.04 Å². The van der Waals surface area contributed by atoms with Crippen molar-refractivity contribution in [3.8, 4) is 17.6 Å². The number of rotatable bonds is 4. The predicted molar refractivity (Wildman–Crippen MR) is 94.9 cm³/mol. The second-order valence-corrected chi connectivity index (χ2v) is 5.76. The topological polar surface area (TPSA) is 83.4 Å². The first kappa shape index (κ1) is 16.7. The molecule has 0 fully saturated rings. The Hall–Kier alpha value is -3.20. The molecule has 1 unspecified atom stereocenters. The zero-order chi connectivity index (χ0) is 17.6. The normalized spacial score (nSPS) is 13.9. The summed E-state index contributed by atoms with van der Waals surface area (Å²) in [6.07, 6.45) is 0.845. The fourth-order valence-corrected chi connectivity index (χ4v) is 2.49. The summed E-state index contributed by atoms with van der Waals surface area (Å²) >= 11 is 0. The molecule has 0 saturated heterocycles. The van der Waals surface area contributed by atoms with E-state index in [1.54, 1.807) is 31.2 Å². The Kier molecular flexibility index (Phi) is 5.05. The summed E-state index contributed by atoms with van der Waals surface area (Å²) < 4.78 is 11.3. The third-order valence-electron chi connectivity index (χ3n) is 3.78. The third kappa shape index (κ3) is 4.21. The fourth-order valence-electron chi connectivity index (χ4n) is 2.49. The van der Waals surface area contributed by atoms with Crippen LogP contribution in [0.15, 0.2) is 42.5 Å². The molecule has 2 N–H and O–H groups in total. The first-order chi connectivity index (χ1) is 12.2. The van der Waals surface area contributed by atoms with Gasteiger partial charge in [0, 0.05) is 23.9 Å². The van der Waals surface area contributed by atoms with Crippen LogP contribution in [0.2, 0.25) is 0 Å². The van der Waals surface area contributed by atoms with Crippen LogP contribution < -0.4 is 20.1 Å². The van der Waals surface area contributed by atoms with Gasteiger partial charge in [-0.05, 0) is 37.3 Å². The van der Waals surface area contributed by atoms with Gasteiger partial charge in [-0.1, -0.05) is 6.07 Å². The van der Waals surface area contributed by atoms with E-state index in [4.69, 9.17) is 14.7 Å². The number of ether oxygens (including phenoxy) is 2. The van der Waals surface area contributed by atoms with Gasteiger partial charge in [0.05, 0.1) is 24.8 Å². The fraction of sp³-hybridized carbons (Fsp3) is 0.263. The van der Waals surface area contributed by atoms with Gasteiger partial charge >= 0.3 is 0 Å². The number of nitrogens with zero attached hydrogens (tertiary/aromatic N) is 1. The third-order valence-corrected chi connectivity index (χ3v) is 3.78. The van der Waals surface area contributed by atoms with Crippen LogP contribution in [0.5, 0.6) is 11.5 Å². The predicted octanol–water partition coefficient (Wildman–Crippen LogP) is 3.16. The molecule has 2 aromatic rings. The largest absolute Gasteiger partial charge is 0.490 e. The zero-order valence-corrected chi connectivity index (χ0v) is 13.9. The molecule has 0 bridgehead atoms. The van der Waals surface area contributed by atoms with Crippen molar-refractivity contribution in [2.45, 2.75) is 19.4 Å². The second-order valence-electron chi connectivity index (χ2n) is 5.76. The molecule has 6 nitrogen and oxygen atoms in total. The SMILES string of the molecule is CC(Nc1ccc2c(c1)OCCCO2)C(=O)Nc1cccc(C#N)c1. The highest BCUT2D eigenvalue weighted by molar-refractivity contribution is 5.96. The molecule has 0 radical (unpaired) electrons. The molecule has 1 heterocycles. The Balaban J connectivity index is 1.65. The Morgan fingerprint density at radius 1 is 1.12 bits per heavy atom. The number of nitrogens with one attached hydrogen (secondary N) is 2. The van der Waals surface area contributed by atoms with Crippen LogP contribution in [0.1, 0.15) is 18.9 Å². The number of amides is 1. The molecule has 0 saturated carbocycles. The lowest BCUT2D eigenvalue weighted by molar-refractivity contribution is -0.116. The van der Waals surface area contributed by atoms with Crippen LogP contribution in [0, 0.1) is 11.3 Å². The van der Waals surface area contributed by atoms with Crippen molar-refractivity contribution in [1.82, 2.24) is 0 Å². The maximum absolute atomic E-state index is 12.3. The van der Waals surface area contributed by atoms with Crippen molar-refractivity contribution in [2.75, 3.05) is 23.8 Å². The molecule has 0 aliphatic carbocycles. The van der Waals surface area contributed by atoms with E-state index in [-0.39, 0.29) is 5.91 Å². The summed E-state index contributed by atoms with van der Waals surface area (Å²) in [4.78, 5) is 12.3. The molecular formula is C19H19N3O3. The first-order valence-corrected chi connectivity index (χ1v) is 8.13. The minimum Gasteiger partial charge on any atom is -0.490 e. The number of hydrogen-bond donors (Lipinski definition) is 2. The number of nitriles is 1. The Bertz CT molecular complexity index is 814. The van der Waals surface area contributed by atoms with E-state index >= 15 is 0 Å². The van der Waals surface area contributed by atoms with Gasteiger partial charge < -0.3 is 20.1 Å². The lowest BCUT2D eigenvalue weighted by Crippen LogP contribution is -2.31. The molecule has 0 spiro atoms. The standard InChI is InChI=1S/C19H19N3O3/c1-13(19(23)22-15-5-2-4-14(10-15)12-20)21-16-6-7-17-18(11-16)25-9-3-8-24-17/h2,4-7,10-11,13,21H,3,8-9H2,1H3,(H,22,23). The lowest BCUT2D eigenvalue weighted by atomic mass is 10.2. The van der Waals surface area contributed by atoms with Gasteiger partial charge in [-0.15, -0.1) is 0 Å². The van der Waals surface area contributed by atoms with Gasteiger partial charge in [-0.25, -0.2) is 0 Å². The summed E-state index contributed by atoms with van der Waals surface area (Å²) in [6, 6.07) is 13.9. The van der Waals surface area contributed by atoms with Gasteiger partial charge in [0.15, 0.2) is 11.5 Å². The van der Waals surface area contributed by atoms with E-state index in [0.29, 0.717) is 36.0 Å². The highest BCUT2D eigenvalue weighted by atomic mass is 16.5. The molecular weight excluding hydrogens is 318 g/mol. The minimum absolute atomic E-state index is 0.192. The Morgan fingerprint density at radius 3 is 2.72 bits per heavy atom. The number of anilines is 2. The van der Waals surface area contributed by atoms with Crippen molar-refractivity contribution in [3.05, 3.63) is 48.0 Å². The number of carbonyl (C=O) groups excluding carboxylic acids is 1. The van der Waals surface area contributed by atoms with E-state index in [1.165, 1.54) is 0 Å². The van der Waals surface area contributed by atoms with Crippen molar-refractivity contribution in [1.29, 1.82) is 5.26 Å². The highest BCUT2D eigenvalue weighted by Crippen LogP contribution is 2.32. The molecule has 0 aromatic heterocycles. The van der Waals surface area contributed by atoms with Gasteiger partial charge in [-0.2, -0.15) is 5.26 Å². The van der Waals surface area contributed by atoms with Crippen molar-refractivity contribution in [2.24, 2.45) is 0 Å². The first-order valence-electron chi connectivity index (χ1n) is 8.13. The molecule has 1 amide bonds. The minimum atomic E-state index is -0.463. The van der Waals surface area contributed by atoms with E-state index in [9.17, 15) is 4.79 Å². The van der Waals surface area contributed by atoms with Crippen molar-refractivity contribution >= 4 is 17.3 Å². The smallest absolute Gasteiger partial charge is 0.246 e. The van der Waals surface area contributed by atoms with Crippen LogP contribution in [-0.4, -0.2) is 25.2 Å². The number of hydrogen-bond acceptors (Lipinski definition) is 5. The maximum atomic E-state index is 12.3. The highest BCUT2D eigenvalue weighted by Gasteiger charge is 2.15. The molecule has 3 rings (SSSR count). The van der Waals surface area contributed by atoms with Crippen LogP contribution >= 0.6 is 0 Å². The van der Waals surface area contributed by atoms with E-state index in [2.05, 4.69) is 16.7 Å². The van der Waals surface area contributed by atoms with Gasteiger partial charge in [0.25, 0.3) is 0 Å². The number of carbonyl (C=O) groups is 1. The Morgan fingerprint density at radius 2 is 1.92 bits per heavy atom. The summed E-state index contributed by atoms with van der Waals surface area (Å²) in [6.45, 7) is 3.02. The van der Waals surface area contributed by atoms with Gasteiger partial charge in [-0.3, -0.25) is 4.79 Å². The molecule has 1 aliphatic rings. The summed E-state index contributed by atoms with van der Waals surface area (Å²) in [5, 5.41) is 14.9. The van der Waals surface area contributed by atoms with Crippen LogP contribution in [-0.2, 0) is 4.79 Å². The molecule has 6 heteroatoms. The van der Waals surface area contributed by atoms with Crippen LogP contribution in [0.3, 0.4) is 0 Å². The number of benzene rings is 2. The van der Waals surface area contributed by atoms with Gasteiger partial charge in [0.2, 0.25) is 5.91 Å².